The van der Waals surface area contributed by atoms with Crippen molar-refractivity contribution < 1.29 is 17.9 Å². The molecule has 0 bridgehead atoms. The minimum atomic E-state index is -4.53. The summed E-state index contributed by atoms with van der Waals surface area (Å²) in [6.07, 6.45) is 2.06. The second-order valence-corrected chi connectivity index (χ2v) is 7.22. The van der Waals surface area contributed by atoms with E-state index in [1.807, 2.05) is 18.9 Å². The van der Waals surface area contributed by atoms with Gasteiger partial charge >= 0.3 is 6.18 Å². The second kappa shape index (κ2) is 6.07. The minimum Gasteiger partial charge on any atom is -0.378 e. The summed E-state index contributed by atoms with van der Waals surface area (Å²) >= 11 is 0. The Hall–Kier alpha value is -1.90. The summed E-state index contributed by atoms with van der Waals surface area (Å²) in [5.74, 6) is 0.328. The van der Waals surface area contributed by atoms with E-state index in [-0.39, 0.29) is 23.3 Å². The largest absolute Gasteiger partial charge is 0.433 e. The second-order valence-electron chi connectivity index (χ2n) is 7.22. The maximum absolute atomic E-state index is 13.3. The molecule has 2 heterocycles. The first-order valence-electron chi connectivity index (χ1n) is 8.99. The lowest BCUT2D eigenvalue weighted by molar-refractivity contribution is -0.141. The molecule has 2 unspecified atom stereocenters. The predicted molar refractivity (Wildman–Crippen MR) is 88.9 cm³/mol. The van der Waals surface area contributed by atoms with E-state index in [9.17, 15) is 13.2 Å². The third kappa shape index (κ3) is 2.55. The van der Waals surface area contributed by atoms with Crippen LogP contribution in [-0.2, 0) is 10.9 Å². The summed E-state index contributed by atoms with van der Waals surface area (Å²) in [6, 6.07) is 1.19. The highest BCUT2D eigenvalue weighted by Gasteiger charge is 2.58. The van der Waals surface area contributed by atoms with Crippen LogP contribution in [-0.4, -0.2) is 45.4 Å². The third-order valence-electron chi connectivity index (χ3n) is 6.00. The molecule has 142 valence electrons. The molecule has 0 radical (unpaired) electrons. The van der Waals surface area contributed by atoms with Crippen molar-refractivity contribution in [2.75, 3.05) is 18.6 Å². The summed E-state index contributed by atoms with van der Waals surface area (Å²) < 4.78 is 47.1. The van der Waals surface area contributed by atoms with Gasteiger partial charge in [-0.2, -0.15) is 27.8 Å². The van der Waals surface area contributed by atoms with Crippen molar-refractivity contribution in [3.05, 3.63) is 18.1 Å². The number of hydrogen-bond donors (Lipinski definition) is 0. The van der Waals surface area contributed by atoms with E-state index in [0.717, 1.165) is 38.2 Å². The zero-order valence-electron chi connectivity index (χ0n) is 14.8. The van der Waals surface area contributed by atoms with Gasteiger partial charge in [-0.3, -0.25) is 0 Å². The van der Waals surface area contributed by atoms with E-state index in [2.05, 4.69) is 15.1 Å². The molecule has 2 aliphatic carbocycles. The molecule has 2 aromatic rings. The predicted octanol–water partition coefficient (Wildman–Crippen LogP) is 3.32. The van der Waals surface area contributed by atoms with Gasteiger partial charge in [0.1, 0.15) is 12.1 Å². The van der Waals surface area contributed by atoms with Crippen molar-refractivity contribution in [2.24, 2.45) is 5.41 Å². The van der Waals surface area contributed by atoms with Crippen molar-refractivity contribution in [1.29, 1.82) is 0 Å². The van der Waals surface area contributed by atoms with E-state index >= 15 is 0 Å². The van der Waals surface area contributed by atoms with Crippen LogP contribution in [0.5, 0.6) is 0 Å². The van der Waals surface area contributed by atoms with Crippen LogP contribution >= 0.6 is 0 Å². The number of aromatic nitrogens is 4. The molecule has 26 heavy (non-hydrogen) atoms. The van der Waals surface area contributed by atoms with Crippen LogP contribution in [0.25, 0.3) is 5.78 Å². The summed E-state index contributed by atoms with van der Waals surface area (Å²) in [4.78, 5) is 9.38. The molecule has 2 fully saturated rings. The van der Waals surface area contributed by atoms with Gasteiger partial charge in [-0.05, 0) is 26.2 Å². The van der Waals surface area contributed by atoms with Crippen molar-refractivity contribution in [2.45, 2.75) is 57.3 Å². The topological polar surface area (TPSA) is 55.5 Å². The third-order valence-corrected chi connectivity index (χ3v) is 6.00. The minimum absolute atomic E-state index is 0.0132. The SMILES string of the molecule is CCOC1CC(N(C)c2cc(C(F)(F)F)nc3ncnn23)C12CCCC2. The van der Waals surface area contributed by atoms with Gasteiger partial charge in [0.2, 0.25) is 0 Å². The van der Waals surface area contributed by atoms with Gasteiger partial charge in [0.15, 0.2) is 5.69 Å². The van der Waals surface area contributed by atoms with Crippen LogP contribution in [0.4, 0.5) is 19.0 Å². The molecule has 0 aromatic carbocycles. The first kappa shape index (κ1) is 17.5. The zero-order valence-corrected chi connectivity index (χ0v) is 14.8. The molecule has 2 atom stereocenters. The van der Waals surface area contributed by atoms with E-state index in [0.29, 0.717) is 12.4 Å². The number of fused-ring (bicyclic) bond motifs is 1. The van der Waals surface area contributed by atoms with E-state index in [1.54, 1.807) is 0 Å². The lowest BCUT2D eigenvalue weighted by atomic mass is 9.60. The molecule has 0 saturated heterocycles. The lowest BCUT2D eigenvalue weighted by Crippen LogP contribution is -2.63. The highest BCUT2D eigenvalue weighted by molar-refractivity contribution is 5.49. The Kier molecular flexibility index (Phi) is 4.09. The molecule has 0 N–H and O–H groups in total. The molecule has 0 aliphatic heterocycles. The fraction of sp³-hybridized carbons (Fsp3) is 0.706. The van der Waals surface area contributed by atoms with Gasteiger partial charge in [0.25, 0.3) is 5.78 Å². The Balaban J connectivity index is 1.72. The lowest BCUT2D eigenvalue weighted by Gasteiger charge is -2.57. The number of anilines is 1. The first-order valence-corrected chi connectivity index (χ1v) is 8.99. The Labute approximate surface area is 149 Å². The summed E-state index contributed by atoms with van der Waals surface area (Å²) in [5, 5.41) is 4.08. The monoisotopic (exact) mass is 369 g/mol. The summed E-state index contributed by atoms with van der Waals surface area (Å²) in [7, 11) is 1.84. The van der Waals surface area contributed by atoms with Gasteiger partial charge in [-0.1, -0.05) is 12.8 Å². The molecular formula is C17H22F3N5O. The number of hydrogen-bond acceptors (Lipinski definition) is 5. The standard InChI is InChI=1S/C17H22F3N5O/c1-3-26-13-9-12(16(13)6-4-5-7-16)24(2)14-8-11(17(18,19)20)23-15-21-10-22-25(14)15/h8,10,12-13H,3-7,9H2,1-2H3. The van der Waals surface area contributed by atoms with Gasteiger partial charge in [0, 0.05) is 31.2 Å². The molecule has 1 spiro atoms. The van der Waals surface area contributed by atoms with Gasteiger partial charge < -0.3 is 9.64 Å². The van der Waals surface area contributed by atoms with E-state index < -0.39 is 11.9 Å². The average molecular weight is 369 g/mol. The van der Waals surface area contributed by atoms with Gasteiger partial charge in [0.05, 0.1) is 6.10 Å². The Morgan fingerprint density at radius 2 is 2.08 bits per heavy atom. The van der Waals surface area contributed by atoms with Crippen LogP contribution in [0.3, 0.4) is 0 Å². The zero-order chi connectivity index (χ0) is 18.5. The Morgan fingerprint density at radius 3 is 2.73 bits per heavy atom. The maximum atomic E-state index is 13.3. The molecule has 0 amide bonds. The van der Waals surface area contributed by atoms with Crippen LogP contribution in [0.2, 0.25) is 0 Å². The van der Waals surface area contributed by atoms with E-state index in [1.165, 1.54) is 10.8 Å². The summed E-state index contributed by atoms with van der Waals surface area (Å²) in [5.41, 5.74) is -0.930. The fourth-order valence-electron chi connectivity index (χ4n) is 4.75. The van der Waals surface area contributed by atoms with E-state index in [4.69, 9.17) is 4.74 Å². The molecule has 2 saturated carbocycles. The van der Waals surface area contributed by atoms with Crippen LogP contribution < -0.4 is 4.90 Å². The molecular weight excluding hydrogens is 347 g/mol. The number of alkyl halides is 3. The molecule has 2 aromatic heterocycles. The molecule has 9 heteroatoms. The molecule has 2 aliphatic rings. The van der Waals surface area contributed by atoms with Crippen LogP contribution in [0.15, 0.2) is 12.4 Å². The first-order chi connectivity index (χ1) is 12.4. The Morgan fingerprint density at radius 1 is 1.35 bits per heavy atom. The highest BCUT2D eigenvalue weighted by atomic mass is 19.4. The quantitative estimate of drug-likeness (QED) is 0.828. The van der Waals surface area contributed by atoms with Crippen molar-refractivity contribution in [3.63, 3.8) is 0 Å². The number of nitrogens with zero attached hydrogens (tertiary/aromatic N) is 5. The summed E-state index contributed by atoms with van der Waals surface area (Å²) in [6.45, 7) is 2.64. The number of halogens is 3. The fourth-order valence-corrected chi connectivity index (χ4v) is 4.75. The van der Waals surface area contributed by atoms with Crippen molar-refractivity contribution in [1.82, 2.24) is 19.6 Å². The van der Waals surface area contributed by atoms with Crippen molar-refractivity contribution >= 4 is 11.6 Å². The van der Waals surface area contributed by atoms with Crippen LogP contribution in [0.1, 0.15) is 44.7 Å². The normalized spacial score (nSPS) is 25.0. The Bertz CT molecular complexity index is 799. The smallest absolute Gasteiger partial charge is 0.378 e. The average Bonchev–Trinajstić information content (AvgIpc) is 3.26. The number of ether oxygens (including phenoxy) is 1. The maximum Gasteiger partial charge on any atom is 0.433 e. The highest BCUT2D eigenvalue weighted by Crippen LogP contribution is 2.57. The van der Waals surface area contributed by atoms with Gasteiger partial charge in [-0.15, -0.1) is 0 Å². The molecule has 6 nitrogen and oxygen atoms in total. The van der Waals surface area contributed by atoms with Crippen LogP contribution in [0, 0.1) is 5.41 Å². The van der Waals surface area contributed by atoms with Crippen molar-refractivity contribution in [3.8, 4) is 0 Å². The number of rotatable bonds is 4. The molecule has 4 rings (SSSR count). The van der Waals surface area contributed by atoms with Gasteiger partial charge in [-0.25, -0.2) is 4.98 Å².